The van der Waals surface area contributed by atoms with Gasteiger partial charge in [-0.15, -0.1) is 0 Å². The first kappa shape index (κ1) is 17.6. The van der Waals surface area contributed by atoms with E-state index in [9.17, 15) is 14.7 Å². The highest BCUT2D eigenvalue weighted by Crippen LogP contribution is 2.31. The lowest BCUT2D eigenvalue weighted by molar-refractivity contribution is -0.123. The molecule has 1 aromatic carbocycles. The van der Waals surface area contributed by atoms with Crippen molar-refractivity contribution in [3.63, 3.8) is 0 Å². The smallest absolute Gasteiger partial charge is 0.261 e. The van der Waals surface area contributed by atoms with Gasteiger partial charge in [-0.3, -0.25) is 14.2 Å². The first-order valence-electron chi connectivity index (χ1n) is 9.00. The molecular weight excluding hydrogens is 318 g/mol. The Morgan fingerprint density at radius 1 is 1.40 bits per heavy atom. The molecule has 0 unspecified atom stereocenters. The number of hydrogen-bond donors (Lipinski definition) is 2. The van der Waals surface area contributed by atoms with Crippen molar-refractivity contribution in [1.29, 1.82) is 0 Å². The second kappa shape index (κ2) is 7.78. The molecule has 0 aliphatic heterocycles. The van der Waals surface area contributed by atoms with Crippen molar-refractivity contribution in [2.45, 2.75) is 57.7 Å². The first-order valence-corrected chi connectivity index (χ1v) is 9.00. The predicted molar refractivity (Wildman–Crippen MR) is 96.2 cm³/mol. The first-order chi connectivity index (χ1) is 12.1. The van der Waals surface area contributed by atoms with Crippen molar-refractivity contribution in [2.24, 2.45) is 5.92 Å². The van der Waals surface area contributed by atoms with Gasteiger partial charge in [0.25, 0.3) is 5.56 Å². The van der Waals surface area contributed by atoms with E-state index in [-0.39, 0.29) is 23.6 Å². The third-order valence-corrected chi connectivity index (χ3v) is 5.04. The molecule has 1 aromatic heterocycles. The van der Waals surface area contributed by atoms with Crippen LogP contribution in [0.4, 0.5) is 0 Å². The van der Waals surface area contributed by atoms with Crippen molar-refractivity contribution in [3.05, 3.63) is 40.9 Å². The summed E-state index contributed by atoms with van der Waals surface area (Å²) >= 11 is 0. The zero-order chi connectivity index (χ0) is 17.8. The average Bonchev–Trinajstić information content (AvgIpc) is 2.59. The Morgan fingerprint density at radius 3 is 2.88 bits per heavy atom. The summed E-state index contributed by atoms with van der Waals surface area (Å²) in [7, 11) is 0. The van der Waals surface area contributed by atoms with Crippen molar-refractivity contribution in [1.82, 2.24) is 14.9 Å². The van der Waals surface area contributed by atoms with E-state index in [1.165, 1.54) is 0 Å². The van der Waals surface area contributed by atoms with Crippen LogP contribution in [0, 0.1) is 5.92 Å². The maximum Gasteiger partial charge on any atom is 0.261 e. The van der Waals surface area contributed by atoms with E-state index in [4.69, 9.17) is 0 Å². The molecule has 0 bridgehead atoms. The van der Waals surface area contributed by atoms with Crippen LogP contribution < -0.4 is 10.9 Å². The number of aliphatic hydroxyl groups is 1. The lowest BCUT2D eigenvalue weighted by atomic mass is 9.76. The normalized spacial score (nSPS) is 20.9. The summed E-state index contributed by atoms with van der Waals surface area (Å²) in [6.07, 6.45) is 4.74. The number of fused-ring (bicyclic) bond motifs is 1. The number of aryl methyl sites for hydroxylation is 1. The number of para-hydroxylation sites is 1. The van der Waals surface area contributed by atoms with Crippen LogP contribution in [-0.4, -0.2) is 32.7 Å². The van der Waals surface area contributed by atoms with Crippen LogP contribution in [0.15, 0.2) is 35.4 Å². The van der Waals surface area contributed by atoms with Crippen molar-refractivity contribution in [2.75, 3.05) is 0 Å². The third kappa shape index (κ3) is 4.07. The number of hydrogen-bond acceptors (Lipinski definition) is 4. The quantitative estimate of drug-likeness (QED) is 0.803. The van der Waals surface area contributed by atoms with Crippen LogP contribution in [0.1, 0.15) is 39.0 Å². The molecule has 1 aliphatic carbocycles. The topological polar surface area (TPSA) is 84.2 Å². The van der Waals surface area contributed by atoms with Crippen LogP contribution in [-0.2, 0) is 11.3 Å². The summed E-state index contributed by atoms with van der Waals surface area (Å²) in [4.78, 5) is 28.8. The van der Waals surface area contributed by atoms with E-state index >= 15 is 0 Å². The predicted octanol–water partition coefficient (Wildman–Crippen LogP) is 1.84. The molecular formula is C19H25N3O3. The fraction of sp³-hybridized carbons (Fsp3) is 0.526. The molecule has 3 rings (SSSR count). The van der Waals surface area contributed by atoms with Gasteiger partial charge in [-0.05, 0) is 43.7 Å². The highest BCUT2D eigenvalue weighted by Gasteiger charge is 2.33. The maximum atomic E-state index is 12.4. The van der Waals surface area contributed by atoms with Crippen molar-refractivity contribution >= 4 is 16.8 Å². The third-order valence-electron chi connectivity index (χ3n) is 5.04. The molecule has 6 heteroatoms. The molecule has 1 atom stereocenters. The monoisotopic (exact) mass is 343 g/mol. The van der Waals surface area contributed by atoms with Gasteiger partial charge in [0.05, 0.1) is 23.3 Å². The summed E-state index contributed by atoms with van der Waals surface area (Å²) in [5.74, 6) is 0.395. The molecule has 1 fully saturated rings. The van der Waals surface area contributed by atoms with Crippen LogP contribution in [0.5, 0.6) is 0 Å². The minimum absolute atomic E-state index is 0.00929. The summed E-state index contributed by atoms with van der Waals surface area (Å²) in [5, 5.41) is 13.1. The zero-order valence-corrected chi connectivity index (χ0v) is 14.5. The highest BCUT2D eigenvalue weighted by molar-refractivity contribution is 5.77. The van der Waals surface area contributed by atoms with Gasteiger partial charge in [0.15, 0.2) is 0 Å². The van der Waals surface area contributed by atoms with Crippen LogP contribution >= 0.6 is 0 Å². The number of amides is 1. The molecule has 1 amide bonds. The van der Waals surface area contributed by atoms with E-state index in [0.717, 1.165) is 19.3 Å². The fourth-order valence-corrected chi connectivity index (χ4v) is 3.47. The Kier molecular flexibility index (Phi) is 5.48. The summed E-state index contributed by atoms with van der Waals surface area (Å²) in [6.45, 7) is 2.53. The van der Waals surface area contributed by atoms with Gasteiger partial charge in [0.1, 0.15) is 0 Å². The van der Waals surface area contributed by atoms with E-state index < -0.39 is 0 Å². The van der Waals surface area contributed by atoms with Gasteiger partial charge in [-0.1, -0.05) is 19.1 Å². The number of aromatic nitrogens is 2. The summed E-state index contributed by atoms with van der Waals surface area (Å²) in [6, 6.07) is 7.41. The number of benzene rings is 1. The van der Waals surface area contributed by atoms with E-state index in [0.29, 0.717) is 36.2 Å². The second-order valence-electron chi connectivity index (χ2n) is 6.83. The fourth-order valence-electron chi connectivity index (χ4n) is 3.47. The van der Waals surface area contributed by atoms with Crippen LogP contribution in [0.25, 0.3) is 10.9 Å². The van der Waals surface area contributed by atoms with Crippen LogP contribution in [0.3, 0.4) is 0 Å². The van der Waals surface area contributed by atoms with Crippen molar-refractivity contribution in [3.8, 4) is 0 Å². The van der Waals surface area contributed by atoms with Crippen molar-refractivity contribution < 1.29 is 9.90 Å². The Morgan fingerprint density at radius 2 is 2.16 bits per heavy atom. The Hall–Kier alpha value is -2.21. The maximum absolute atomic E-state index is 12.4. The number of nitrogens with one attached hydrogen (secondary N) is 1. The Balaban J connectivity index is 1.51. The molecule has 25 heavy (non-hydrogen) atoms. The number of carbonyl (C=O) groups excluding carboxylic acids is 1. The van der Waals surface area contributed by atoms with E-state index in [1.807, 2.05) is 18.2 Å². The zero-order valence-electron chi connectivity index (χ0n) is 14.5. The van der Waals surface area contributed by atoms with Gasteiger partial charge in [-0.2, -0.15) is 0 Å². The SMILES string of the molecule is CC[C@@H](NC(=O)CCCn1cnc2ccccc2c1=O)C1CC(O)C1. The number of rotatable bonds is 7. The molecule has 1 saturated carbocycles. The van der Waals surface area contributed by atoms with Gasteiger partial charge in [0.2, 0.25) is 5.91 Å². The lowest BCUT2D eigenvalue weighted by Crippen LogP contribution is -2.46. The minimum Gasteiger partial charge on any atom is -0.393 e. The molecule has 2 aromatic rings. The van der Waals surface area contributed by atoms with Crippen LogP contribution in [0.2, 0.25) is 0 Å². The van der Waals surface area contributed by atoms with Gasteiger partial charge in [-0.25, -0.2) is 4.98 Å². The molecule has 0 radical (unpaired) electrons. The molecule has 6 nitrogen and oxygen atoms in total. The Bertz CT molecular complexity index is 796. The minimum atomic E-state index is -0.205. The highest BCUT2D eigenvalue weighted by atomic mass is 16.3. The van der Waals surface area contributed by atoms with Gasteiger partial charge >= 0.3 is 0 Å². The summed E-state index contributed by atoms with van der Waals surface area (Å²) in [5.41, 5.74) is 0.621. The molecule has 1 aliphatic rings. The largest absolute Gasteiger partial charge is 0.393 e. The van der Waals surface area contributed by atoms with Gasteiger partial charge in [0, 0.05) is 19.0 Å². The molecule has 134 valence electrons. The number of aliphatic hydroxyl groups excluding tert-OH is 1. The van der Waals surface area contributed by atoms with E-state index in [1.54, 1.807) is 17.0 Å². The Labute approximate surface area is 146 Å². The molecule has 2 N–H and O–H groups in total. The number of carbonyl (C=O) groups is 1. The molecule has 0 saturated heterocycles. The lowest BCUT2D eigenvalue weighted by Gasteiger charge is -2.37. The summed E-state index contributed by atoms with van der Waals surface area (Å²) < 4.78 is 1.56. The van der Waals surface area contributed by atoms with Gasteiger partial charge < -0.3 is 10.4 Å². The standard InChI is InChI=1S/C19H25N3O3/c1-2-16(13-10-14(23)11-13)21-18(24)8-5-9-22-12-20-17-7-4-3-6-15(17)19(22)25/h3-4,6-7,12-14,16,23H,2,5,8-11H2,1H3,(H,21,24)/t13?,14?,16-/m1/s1. The van der Waals surface area contributed by atoms with E-state index in [2.05, 4.69) is 17.2 Å². The average molecular weight is 343 g/mol. The molecule has 1 heterocycles. The molecule has 0 spiro atoms. The second-order valence-corrected chi connectivity index (χ2v) is 6.83. The number of nitrogens with zero attached hydrogens (tertiary/aromatic N) is 2.